The molecule has 1 aromatic carbocycles. The zero-order valence-corrected chi connectivity index (χ0v) is 10.8. The molecule has 2 N–H and O–H groups in total. The maximum atomic E-state index is 13.3. The average molecular weight is 236 g/mol. The summed E-state index contributed by atoms with van der Waals surface area (Å²) >= 11 is 0. The van der Waals surface area contributed by atoms with Gasteiger partial charge in [0, 0.05) is 24.3 Å². The largest absolute Gasteiger partial charge is 0.365 e. The zero-order chi connectivity index (χ0) is 13.0. The molecular weight excluding hydrogens is 215 g/mol. The Labute approximate surface area is 103 Å². The van der Waals surface area contributed by atoms with Crippen LogP contribution in [0.25, 0.3) is 0 Å². The molecule has 2 nitrogen and oxygen atoms in total. The number of halogens is 1. The molecule has 94 valence electrons. The van der Waals surface area contributed by atoms with Crippen LogP contribution in [0.15, 0.2) is 30.9 Å². The van der Waals surface area contributed by atoms with Crippen LogP contribution in [0.4, 0.5) is 10.1 Å². The Morgan fingerprint density at radius 3 is 2.53 bits per heavy atom. The van der Waals surface area contributed by atoms with E-state index in [1.54, 1.807) is 6.07 Å². The lowest BCUT2D eigenvalue weighted by Gasteiger charge is -2.30. The van der Waals surface area contributed by atoms with E-state index in [9.17, 15) is 4.39 Å². The molecule has 17 heavy (non-hydrogen) atoms. The predicted molar refractivity (Wildman–Crippen MR) is 71.7 cm³/mol. The highest BCUT2D eigenvalue weighted by molar-refractivity contribution is 5.56. The molecule has 1 unspecified atom stereocenters. The van der Waals surface area contributed by atoms with Crippen LogP contribution in [-0.2, 0) is 0 Å². The monoisotopic (exact) mass is 236 g/mol. The van der Waals surface area contributed by atoms with E-state index in [4.69, 9.17) is 5.73 Å². The van der Waals surface area contributed by atoms with Gasteiger partial charge in [0.15, 0.2) is 0 Å². The fourth-order valence-electron chi connectivity index (χ4n) is 1.88. The van der Waals surface area contributed by atoms with Gasteiger partial charge in [0.25, 0.3) is 0 Å². The Morgan fingerprint density at radius 1 is 1.41 bits per heavy atom. The number of anilines is 1. The van der Waals surface area contributed by atoms with Crippen LogP contribution < -0.4 is 10.6 Å². The summed E-state index contributed by atoms with van der Waals surface area (Å²) in [5.41, 5.74) is 7.71. The summed E-state index contributed by atoms with van der Waals surface area (Å²) in [5.74, 6) is -0.247. The standard InChI is InChI=1S/C14H21FN2/c1-5-8-17(10(2)3)14-7-6-12(15)9-13(14)11(4)16/h5-7,9-11H,1,8,16H2,2-4H3. The summed E-state index contributed by atoms with van der Waals surface area (Å²) in [5, 5.41) is 0. The predicted octanol–water partition coefficient (Wildman–Crippen LogP) is 3.25. The van der Waals surface area contributed by atoms with Crippen LogP contribution in [-0.4, -0.2) is 12.6 Å². The third-order valence-corrected chi connectivity index (χ3v) is 2.74. The van der Waals surface area contributed by atoms with Gasteiger partial charge in [-0.15, -0.1) is 6.58 Å². The number of nitrogens with zero attached hydrogens (tertiary/aromatic N) is 1. The van der Waals surface area contributed by atoms with Crippen LogP contribution in [0.5, 0.6) is 0 Å². The van der Waals surface area contributed by atoms with Gasteiger partial charge in [-0.05, 0) is 44.5 Å². The third kappa shape index (κ3) is 3.30. The maximum absolute atomic E-state index is 13.3. The van der Waals surface area contributed by atoms with E-state index in [2.05, 4.69) is 25.3 Å². The molecule has 1 rings (SSSR count). The van der Waals surface area contributed by atoms with Crippen molar-refractivity contribution in [3.05, 3.63) is 42.2 Å². The van der Waals surface area contributed by atoms with E-state index < -0.39 is 0 Å². The van der Waals surface area contributed by atoms with E-state index in [1.165, 1.54) is 12.1 Å². The fourth-order valence-corrected chi connectivity index (χ4v) is 1.88. The minimum absolute atomic E-state index is 0.188. The number of rotatable bonds is 5. The van der Waals surface area contributed by atoms with Gasteiger partial charge in [-0.1, -0.05) is 6.08 Å². The molecule has 0 saturated carbocycles. The van der Waals surface area contributed by atoms with Crippen molar-refractivity contribution in [1.82, 2.24) is 0 Å². The first-order valence-electron chi connectivity index (χ1n) is 5.90. The Balaban J connectivity index is 3.21. The van der Waals surface area contributed by atoms with Gasteiger partial charge in [0.1, 0.15) is 5.82 Å². The second-order valence-electron chi connectivity index (χ2n) is 4.53. The molecule has 0 aliphatic carbocycles. The number of benzene rings is 1. The zero-order valence-electron chi connectivity index (χ0n) is 10.8. The van der Waals surface area contributed by atoms with Crippen LogP contribution in [0.2, 0.25) is 0 Å². The van der Waals surface area contributed by atoms with Gasteiger partial charge in [-0.2, -0.15) is 0 Å². The molecule has 0 bridgehead atoms. The quantitative estimate of drug-likeness (QED) is 0.795. The van der Waals surface area contributed by atoms with Gasteiger partial charge < -0.3 is 10.6 Å². The Kier molecular flexibility index (Phi) is 4.70. The number of hydrogen-bond donors (Lipinski definition) is 1. The van der Waals surface area contributed by atoms with Crippen molar-refractivity contribution in [2.75, 3.05) is 11.4 Å². The second-order valence-corrected chi connectivity index (χ2v) is 4.53. The minimum atomic E-state index is -0.247. The first-order chi connectivity index (χ1) is 7.97. The van der Waals surface area contributed by atoms with Crippen molar-refractivity contribution in [3.63, 3.8) is 0 Å². The Bertz CT molecular complexity index is 386. The van der Waals surface area contributed by atoms with Crippen molar-refractivity contribution in [1.29, 1.82) is 0 Å². The lowest BCUT2D eigenvalue weighted by atomic mass is 10.0. The van der Waals surface area contributed by atoms with Crippen molar-refractivity contribution in [2.45, 2.75) is 32.9 Å². The van der Waals surface area contributed by atoms with E-state index in [0.717, 1.165) is 17.8 Å². The SMILES string of the molecule is C=CCN(c1ccc(F)cc1C(C)N)C(C)C. The first-order valence-corrected chi connectivity index (χ1v) is 5.90. The molecule has 1 aromatic rings. The minimum Gasteiger partial charge on any atom is -0.365 e. The summed E-state index contributed by atoms with van der Waals surface area (Å²) in [7, 11) is 0. The van der Waals surface area contributed by atoms with Crippen LogP contribution in [0.3, 0.4) is 0 Å². The highest BCUT2D eigenvalue weighted by Crippen LogP contribution is 2.27. The molecule has 0 saturated heterocycles. The van der Waals surface area contributed by atoms with Gasteiger partial charge in [0.05, 0.1) is 0 Å². The molecule has 0 aliphatic heterocycles. The molecule has 3 heteroatoms. The highest BCUT2D eigenvalue weighted by atomic mass is 19.1. The van der Waals surface area contributed by atoms with Crippen molar-refractivity contribution in [2.24, 2.45) is 5.73 Å². The Morgan fingerprint density at radius 2 is 2.06 bits per heavy atom. The smallest absolute Gasteiger partial charge is 0.123 e. The van der Waals surface area contributed by atoms with E-state index in [0.29, 0.717) is 6.04 Å². The van der Waals surface area contributed by atoms with Gasteiger partial charge in [-0.3, -0.25) is 0 Å². The molecule has 0 aliphatic rings. The molecule has 0 amide bonds. The molecule has 0 fully saturated rings. The van der Waals surface area contributed by atoms with Gasteiger partial charge >= 0.3 is 0 Å². The molecule has 0 radical (unpaired) electrons. The lowest BCUT2D eigenvalue weighted by Crippen LogP contribution is -2.32. The molecular formula is C14H21FN2. The van der Waals surface area contributed by atoms with E-state index in [-0.39, 0.29) is 11.9 Å². The van der Waals surface area contributed by atoms with Crippen LogP contribution in [0.1, 0.15) is 32.4 Å². The Hall–Kier alpha value is -1.35. The lowest BCUT2D eigenvalue weighted by molar-refractivity contribution is 0.620. The third-order valence-electron chi connectivity index (χ3n) is 2.74. The van der Waals surface area contributed by atoms with Gasteiger partial charge in [0.2, 0.25) is 0 Å². The summed E-state index contributed by atoms with van der Waals surface area (Å²) < 4.78 is 13.3. The second kappa shape index (κ2) is 5.82. The van der Waals surface area contributed by atoms with E-state index >= 15 is 0 Å². The molecule has 0 spiro atoms. The fraction of sp³-hybridized carbons (Fsp3) is 0.429. The summed E-state index contributed by atoms with van der Waals surface area (Å²) in [4.78, 5) is 2.16. The normalized spacial score (nSPS) is 12.6. The van der Waals surface area contributed by atoms with Crippen molar-refractivity contribution < 1.29 is 4.39 Å². The molecule has 0 aromatic heterocycles. The van der Waals surface area contributed by atoms with Crippen LogP contribution in [0, 0.1) is 5.82 Å². The van der Waals surface area contributed by atoms with Gasteiger partial charge in [-0.25, -0.2) is 4.39 Å². The average Bonchev–Trinajstić information content (AvgIpc) is 2.26. The molecule has 0 heterocycles. The summed E-state index contributed by atoms with van der Waals surface area (Å²) in [6, 6.07) is 4.90. The van der Waals surface area contributed by atoms with Crippen molar-refractivity contribution in [3.8, 4) is 0 Å². The number of hydrogen-bond acceptors (Lipinski definition) is 2. The number of nitrogens with two attached hydrogens (primary N) is 1. The maximum Gasteiger partial charge on any atom is 0.123 e. The first kappa shape index (κ1) is 13.7. The van der Waals surface area contributed by atoms with Crippen LogP contribution >= 0.6 is 0 Å². The highest BCUT2D eigenvalue weighted by Gasteiger charge is 2.16. The summed E-state index contributed by atoms with van der Waals surface area (Å²) in [6.07, 6.45) is 1.84. The molecule has 1 atom stereocenters. The topological polar surface area (TPSA) is 29.3 Å². The van der Waals surface area contributed by atoms with E-state index in [1.807, 2.05) is 13.0 Å². The van der Waals surface area contributed by atoms with Crippen molar-refractivity contribution >= 4 is 5.69 Å². The summed E-state index contributed by atoms with van der Waals surface area (Å²) in [6.45, 7) is 10.5.